The van der Waals surface area contributed by atoms with Crippen molar-refractivity contribution in [2.45, 2.75) is 19.4 Å². The maximum atomic E-state index is 9.20. The molecule has 0 saturated carbocycles. The highest BCUT2D eigenvalue weighted by atomic mass is 16.5. The summed E-state index contributed by atoms with van der Waals surface area (Å²) in [5, 5.41) is 9.20. The SMILES string of the molecule is CCOCCN(C)CCC(O)CN. The third kappa shape index (κ3) is 8.18. The number of hydrogen-bond donors (Lipinski definition) is 2. The number of nitrogens with zero attached hydrogens (tertiary/aromatic N) is 1. The Hall–Kier alpha value is -0.160. The van der Waals surface area contributed by atoms with Crippen LogP contribution in [0.15, 0.2) is 0 Å². The minimum atomic E-state index is -0.366. The van der Waals surface area contributed by atoms with Crippen LogP contribution in [-0.2, 0) is 4.74 Å². The molecule has 0 radical (unpaired) electrons. The van der Waals surface area contributed by atoms with E-state index >= 15 is 0 Å². The number of ether oxygens (including phenoxy) is 1. The maximum Gasteiger partial charge on any atom is 0.0674 e. The molecule has 0 bridgehead atoms. The highest BCUT2D eigenvalue weighted by Crippen LogP contribution is 1.92. The predicted molar refractivity (Wildman–Crippen MR) is 53.7 cm³/mol. The van der Waals surface area contributed by atoms with Gasteiger partial charge in [0.05, 0.1) is 12.7 Å². The molecule has 0 aliphatic rings. The Labute approximate surface area is 80.7 Å². The second-order valence-electron chi connectivity index (χ2n) is 3.18. The van der Waals surface area contributed by atoms with Gasteiger partial charge in [0.15, 0.2) is 0 Å². The van der Waals surface area contributed by atoms with E-state index in [9.17, 15) is 5.11 Å². The zero-order chi connectivity index (χ0) is 10.1. The fraction of sp³-hybridized carbons (Fsp3) is 1.00. The molecule has 0 aromatic heterocycles. The van der Waals surface area contributed by atoms with Crippen LogP contribution in [0.4, 0.5) is 0 Å². The summed E-state index contributed by atoms with van der Waals surface area (Å²) in [6, 6.07) is 0. The highest BCUT2D eigenvalue weighted by Gasteiger charge is 2.03. The fourth-order valence-corrected chi connectivity index (χ4v) is 0.964. The minimum Gasteiger partial charge on any atom is -0.392 e. The van der Waals surface area contributed by atoms with E-state index in [0.717, 1.165) is 32.7 Å². The second kappa shape index (κ2) is 8.44. The fourth-order valence-electron chi connectivity index (χ4n) is 0.964. The van der Waals surface area contributed by atoms with Crippen molar-refractivity contribution in [1.29, 1.82) is 0 Å². The van der Waals surface area contributed by atoms with Crippen molar-refractivity contribution in [3.8, 4) is 0 Å². The van der Waals surface area contributed by atoms with Crippen LogP contribution < -0.4 is 5.73 Å². The number of aliphatic hydroxyl groups excluding tert-OH is 1. The minimum absolute atomic E-state index is 0.347. The molecular weight excluding hydrogens is 168 g/mol. The molecule has 4 heteroatoms. The van der Waals surface area contributed by atoms with Gasteiger partial charge in [-0.2, -0.15) is 0 Å². The van der Waals surface area contributed by atoms with E-state index in [1.807, 2.05) is 14.0 Å². The second-order valence-corrected chi connectivity index (χ2v) is 3.18. The molecule has 1 unspecified atom stereocenters. The van der Waals surface area contributed by atoms with Crippen molar-refractivity contribution >= 4 is 0 Å². The van der Waals surface area contributed by atoms with Gasteiger partial charge in [-0.15, -0.1) is 0 Å². The molecule has 1 atom stereocenters. The molecule has 0 aromatic rings. The number of hydrogen-bond acceptors (Lipinski definition) is 4. The molecule has 3 N–H and O–H groups in total. The largest absolute Gasteiger partial charge is 0.392 e. The Morgan fingerprint density at radius 2 is 2.15 bits per heavy atom. The first-order valence-electron chi connectivity index (χ1n) is 4.85. The first-order chi connectivity index (χ1) is 6.20. The summed E-state index contributed by atoms with van der Waals surface area (Å²) < 4.78 is 5.21. The lowest BCUT2D eigenvalue weighted by Crippen LogP contribution is -2.29. The summed E-state index contributed by atoms with van der Waals surface area (Å²) in [5.41, 5.74) is 5.29. The average molecular weight is 190 g/mol. The summed E-state index contributed by atoms with van der Waals surface area (Å²) >= 11 is 0. The van der Waals surface area contributed by atoms with Crippen LogP contribution in [-0.4, -0.2) is 56.0 Å². The monoisotopic (exact) mass is 190 g/mol. The maximum absolute atomic E-state index is 9.20. The molecule has 0 aromatic carbocycles. The lowest BCUT2D eigenvalue weighted by Gasteiger charge is -2.17. The molecular formula is C9H22N2O2. The number of aliphatic hydroxyl groups is 1. The van der Waals surface area contributed by atoms with E-state index in [0.29, 0.717) is 6.54 Å². The van der Waals surface area contributed by atoms with Gasteiger partial charge in [0.1, 0.15) is 0 Å². The number of likely N-dealkylation sites (N-methyl/N-ethyl adjacent to an activating group) is 1. The standard InChI is InChI=1S/C9H22N2O2/c1-3-13-7-6-11(2)5-4-9(12)8-10/h9,12H,3-8,10H2,1-2H3. The van der Waals surface area contributed by atoms with Gasteiger partial charge in [0.2, 0.25) is 0 Å². The van der Waals surface area contributed by atoms with Crippen LogP contribution in [0.5, 0.6) is 0 Å². The zero-order valence-corrected chi connectivity index (χ0v) is 8.70. The predicted octanol–water partition coefficient (Wildman–Crippen LogP) is -0.336. The summed E-state index contributed by atoms with van der Waals surface area (Å²) in [6.45, 7) is 5.62. The summed E-state index contributed by atoms with van der Waals surface area (Å²) in [7, 11) is 2.02. The normalized spacial score (nSPS) is 13.6. The van der Waals surface area contributed by atoms with Gasteiger partial charge in [-0.25, -0.2) is 0 Å². The quantitative estimate of drug-likeness (QED) is 0.514. The Morgan fingerprint density at radius 1 is 1.46 bits per heavy atom. The van der Waals surface area contributed by atoms with E-state index in [1.54, 1.807) is 0 Å². The Balaban J connectivity index is 3.24. The molecule has 0 spiro atoms. The number of nitrogens with two attached hydrogens (primary N) is 1. The molecule has 0 heterocycles. The number of rotatable bonds is 8. The Morgan fingerprint density at radius 3 is 2.69 bits per heavy atom. The summed E-state index contributed by atoms with van der Waals surface area (Å²) in [5.74, 6) is 0. The molecule has 0 fully saturated rings. The molecule has 0 aliphatic carbocycles. The summed E-state index contributed by atoms with van der Waals surface area (Å²) in [4.78, 5) is 2.13. The van der Waals surface area contributed by atoms with E-state index in [1.165, 1.54) is 0 Å². The van der Waals surface area contributed by atoms with Crippen LogP contribution in [0.3, 0.4) is 0 Å². The molecule has 0 rings (SSSR count). The van der Waals surface area contributed by atoms with Crippen molar-refractivity contribution in [3.05, 3.63) is 0 Å². The van der Waals surface area contributed by atoms with Crippen molar-refractivity contribution in [2.75, 3.05) is 39.9 Å². The van der Waals surface area contributed by atoms with Crippen molar-refractivity contribution in [1.82, 2.24) is 4.90 Å². The lowest BCUT2D eigenvalue weighted by atomic mass is 10.2. The first-order valence-corrected chi connectivity index (χ1v) is 4.85. The van der Waals surface area contributed by atoms with Crippen LogP contribution >= 0.6 is 0 Å². The molecule has 4 nitrogen and oxygen atoms in total. The third-order valence-electron chi connectivity index (χ3n) is 1.94. The van der Waals surface area contributed by atoms with Gasteiger partial charge in [-0.05, 0) is 20.4 Å². The molecule has 80 valence electrons. The van der Waals surface area contributed by atoms with Crippen LogP contribution in [0.25, 0.3) is 0 Å². The van der Waals surface area contributed by atoms with E-state index in [4.69, 9.17) is 10.5 Å². The van der Waals surface area contributed by atoms with E-state index < -0.39 is 0 Å². The molecule has 0 saturated heterocycles. The smallest absolute Gasteiger partial charge is 0.0674 e. The van der Waals surface area contributed by atoms with Crippen LogP contribution in [0, 0.1) is 0 Å². The van der Waals surface area contributed by atoms with Gasteiger partial charge in [0, 0.05) is 26.2 Å². The average Bonchev–Trinajstić information content (AvgIpc) is 2.14. The van der Waals surface area contributed by atoms with Gasteiger partial charge in [0.25, 0.3) is 0 Å². The topological polar surface area (TPSA) is 58.7 Å². The van der Waals surface area contributed by atoms with E-state index in [2.05, 4.69) is 4.90 Å². The van der Waals surface area contributed by atoms with Gasteiger partial charge < -0.3 is 20.5 Å². The summed E-state index contributed by atoms with van der Waals surface area (Å²) in [6.07, 6.45) is 0.369. The molecule has 13 heavy (non-hydrogen) atoms. The Kier molecular flexibility index (Phi) is 8.33. The lowest BCUT2D eigenvalue weighted by molar-refractivity contribution is 0.110. The van der Waals surface area contributed by atoms with Gasteiger partial charge in [-0.1, -0.05) is 0 Å². The molecule has 0 amide bonds. The van der Waals surface area contributed by atoms with E-state index in [-0.39, 0.29) is 6.10 Å². The molecule has 0 aliphatic heterocycles. The first kappa shape index (κ1) is 12.8. The van der Waals surface area contributed by atoms with Crippen LogP contribution in [0.2, 0.25) is 0 Å². The van der Waals surface area contributed by atoms with Crippen molar-refractivity contribution < 1.29 is 9.84 Å². The van der Waals surface area contributed by atoms with Crippen molar-refractivity contribution in [3.63, 3.8) is 0 Å². The van der Waals surface area contributed by atoms with Gasteiger partial charge in [-0.3, -0.25) is 0 Å². The van der Waals surface area contributed by atoms with Crippen molar-refractivity contribution in [2.24, 2.45) is 5.73 Å². The zero-order valence-electron chi connectivity index (χ0n) is 8.70. The van der Waals surface area contributed by atoms with Gasteiger partial charge >= 0.3 is 0 Å². The third-order valence-corrected chi connectivity index (χ3v) is 1.94. The Bertz CT molecular complexity index is 112. The highest BCUT2D eigenvalue weighted by molar-refractivity contribution is 4.59. The van der Waals surface area contributed by atoms with Crippen LogP contribution in [0.1, 0.15) is 13.3 Å².